The normalized spacial score (nSPS) is 12.9. The molecule has 2 aromatic rings. The predicted molar refractivity (Wildman–Crippen MR) is 64.1 cm³/mol. The summed E-state index contributed by atoms with van der Waals surface area (Å²) in [5.41, 5.74) is 0. The summed E-state index contributed by atoms with van der Waals surface area (Å²) in [5, 5.41) is 5.31. The first-order chi connectivity index (χ1) is 7.31. The summed E-state index contributed by atoms with van der Waals surface area (Å²) >= 11 is 1.73. The smallest absolute Gasteiger partial charge is 0.150 e. The molecule has 1 N–H and O–H groups in total. The highest BCUT2D eigenvalue weighted by Gasteiger charge is 2.08. The molecule has 0 saturated carbocycles. The molecular formula is C11H15N3S. The second-order valence-corrected chi connectivity index (χ2v) is 4.52. The van der Waals surface area contributed by atoms with Crippen molar-refractivity contribution in [1.29, 1.82) is 0 Å². The van der Waals surface area contributed by atoms with Crippen LogP contribution in [0.15, 0.2) is 29.9 Å². The van der Waals surface area contributed by atoms with E-state index in [1.54, 1.807) is 11.3 Å². The number of imidazole rings is 1. The summed E-state index contributed by atoms with van der Waals surface area (Å²) in [7, 11) is 1.98. The lowest BCUT2D eigenvalue weighted by Gasteiger charge is -2.12. The molecule has 4 heteroatoms. The molecule has 0 aliphatic rings. The minimum absolute atomic E-state index is 0.456. The Labute approximate surface area is 93.8 Å². The second-order valence-electron chi connectivity index (χ2n) is 3.57. The van der Waals surface area contributed by atoms with Gasteiger partial charge in [0, 0.05) is 25.0 Å². The van der Waals surface area contributed by atoms with Crippen molar-refractivity contribution < 1.29 is 0 Å². The lowest BCUT2D eigenvalue weighted by atomic mass is 10.3. The first kappa shape index (κ1) is 10.4. The second kappa shape index (κ2) is 4.59. The third-order valence-corrected chi connectivity index (χ3v) is 3.29. The first-order valence-electron chi connectivity index (χ1n) is 5.03. The fourth-order valence-electron chi connectivity index (χ4n) is 1.47. The number of aromatic nitrogens is 2. The van der Waals surface area contributed by atoms with E-state index in [1.807, 2.05) is 19.4 Å². The van der Waals surface area contributed by atoms with Crippen LogP contribution in [0.1, 0.15) is 6.92 Å². The predicted octanol–water partition coefficient (Wildman–Crippen LogP) is 2.22. The van der Waals surface area contributed by atoms with Gasteiger partial charge in [0.25, 0.3) is 0 Å². The van der Waals surface area contributed by atoms with Crippen LogP contribution >= 0.6 is 11.3 Å². The van der Waals surface area contributed by atoms with E-state index in [1.165, 1.54) is 4.88 Å². The van der Waals surface area contributed by atoms with Crippen molar-refractivity contribution >= 4 is 11.3 Å². The van der Waals surface area contributed by atoms with Gasteiger partial charge in [0.1, 0.15) is 5.82 Å². The molecule has 0 aromatic carbocycles. The van der Waals surface area contributed by atoms with Gasteiger partial charge in [0.15, 0.2) is 0 Å². The molecule has 0 aliphatic carbocycles. The highest BCUT2D eigenvalue weighted by atomic mass is 32.1. The zero-order valence-corrected chi connectivity index (χ0v) is 9.79. The first-order valence-corrected chi connectivity index (χ1v) is 5.91. The van der Waals surface area contributed by atoms with Gasteiger partial charge in [-0.1, -0.05) is 6.07 Å². The number of likely N-dealkylation sites (N-methyl/N-ethyl adjacent to an activating group) is 1. The van der Waals surface area contributed by atoms with E-state index in [0.29, 0.717) is 6.04 Å². The Balaban J connectivity index is 2.23. The summed E-state index contributed by atoms with van der Waals surface area (Å²) in [6, 6.07) is 4.62. The van der Waals surface area contributed by atoms with Crippen molar-refractivity contribution in [3.05, 3.63) is 29.9 Å². The number of thiophene rings is 1. The molecule has 0 amide bonds. The Bertz CT molecular complexity index is 405. The molecule has 0 bridgehead atoms. The standard InChI is InChI=1S/C11H15N3S/c1-9(12-2)8-14-6-5-13-11(14)10-4-3-7-15-10/h3-7,9,12H,8H2,1-2H3. The Hall–Kier alpha value is -1.13. The third kappa shape index (κ3) is 2.27. The zero-order valence-electron chi connectivity index (χ0n) is 8.97. The minimum atomic E-state index is 0.456. The quantitative estimate of drug-likeness (QED) is 0.858. The Morgan fingerprint density at radius 1 is 1.60 bits per heavy atom. The van der Waals surface area contributed by atoms with Gasteiger partial charge in [-0.2, -0.15) is 0 Å². The highest BCUT2D eigenvalue weighted by molar-refractivity contribution is 7.13. The van der Waals surface area contributed by atoms with Gasteiger partial charge in [-0.25, -0.2) is 4.98 Å². The van der Waals surface area contributed by atoms with Crippen LogP contribution in [0.5, 0.6) is 0 Å². The van der Waals surface area contributed by atoms with Crippen LogP contribution in [-0.2, 0) is 6.54 Å². The van der Waals surface area contributed by atoms with Crippen LogP contribution in [0, 0.1) is 0 Å². The number of nitrogens with zero attached hydrogens (tertiary/aromatic N) is 2. The topological polar surface area (TPSA) is 29.9 Å². The van der Waals surface area contributed by atoms with Crippen LogP contribution in [-0.4, -0.2) is 22.6 Å². The molecule has 2 rings (SSSR count). The lowest BCUT2D eigenvalue weighted by Crippen LogP contribution is -2.26. The minimum Gasteiger partial charge on any atom is -0.329 e. The SMILES string of the molecule is CNC(C)Cn1ccnc1-c1cccs1. The van der Waals surface area contributed by atoms with Gasteiger partial charge in [-0.3, -0.25) is 0 Å². The van der Waals surface area contributed by atoms with E-state index in [-0.39, 0.29) is 0 Å². The van der Waals surface area contributed by atoms with Gasteiger partial charge in [0.05, 0.1) is 4.88 Å². The van der Waals surface area contributed by atoms with Crippen molar-refractivity contribution in [2.45, 2.75) is 19.5 Å². The molecule has 1 atom stereocenters. The average molecular weight is 221 g/mol. The molecule has 0 fully saturated rings. The summed E-state index contributed by atoms with van der Waals surface area (Å²) in [5.74, 6) is 1.06. The molecule has 2 aromatic heterocycles. The molecule has 2 heterocycles. The Kier molecular flexibility index (Phi) is 3.18. The van der Waals surface area contributed by atoms with E-state index in [4.69, 9.17) is 0 Å². The summed E-state index contributed by atoms with van der Waals surface area (Å²) in [6.07, 6.45) is 3.89. The van der Waals surface area contributed by atoms with Gasteiger partial charge < -0.3 is 9.88 Å². The van der Waals surface area contributed by atoms with E-state index >= 15 is 0 Å². The molecular weight excluding hydrogens is 206 g/mol. The van der Waals surface area contributed by atoms with Crippen LogP contribution in [0.25, 0.3) is 10.7 Å². The van der Waals surface area contributed by atoms with Crippen molar-refractivity contribution in [3.63, 3.8) is 0 Å². The molecule has 0 radical (unpaired) electrons. The summed E-state index contributed by atoms with van der Waals surface area (Å²) < 4.78 is 2.19. The van der Waals surface area contributed by atoms with Crippen LogP contribution < -0.4 is 5.32 Å². The molecule has 0 saturated heterocycles. The fourth-order valence-corrected chi connectivity index (χ4v) is 2.21. The van der Waals surface area contributed by atoms with Crippen molar-refractivity contribution in [1.82, 2.24) is 14.9 Å². The molecule has 80 valence electrons. The van der Waals surface area contributed by atoms with E-state index in [2.05, 4.69) is 39.3 Å². The number of rotatable bonds is 4. The van der Waals surface area contributed by atoms with Gasteiger partial charge in [0.2, 0.25) is 0 Å². The molecule has 15 heavy (non-hydrogen) atoms. The monoisotopic (exact) mass is 221 g/mol. The lowest BCUT2D eigenvalue weighted by molar-refractivity contribution is 0.518. The zero-order chi connectivity index (χ0) is 10.7. The van der Waals surface area contributed by atoms with Crippen LogP contribution in [0.3, 0.4) is 0 Å². The van der Waals surface area contributed by atoms with E-state index < -0.39 is 0 Å². The molecule has 0 aliphatic heterocycles. The number of hydrogen-bond acceptors (Lipinski definition) is 3. The van der Waals surface area contributed by atoms with Gasteiger partial charge in [-0.15, -0.1) is 11.3 Å². The maximum absolute atomic E-state index is 4.39. The maximum atomic E-state index is 4.39. The van der Waals surface area contributed by atoms with Crippen molar-refractivity contribution in [3.8, 4) is 10.7 Å². The average Bonchev–Trinajstić information content (AvgIpc) is 2.86. The Morgan fingerprint density at radius 2 is 2.47 bits per heavy atom. The summed E-state index contributed by atoms with van der Waals surface area (Å²) in [6.45, 7) is 3.11. The van der Waals surface area contributed by atoms with Crippen molar-refractivity contribution in [2.75, 3.05) is 7.05 Å². The molecule has 1 unspecified atom stereocenters. The van der Waals surface area contributed by atoms with Crippen molar-refractivity contribution in [2.24, 2.45) is 0 Å². The fraction of sp³-hybridized carbons (Fsp3) is 0.364. The van der Waals surface area contributed by atoms with Gasteiger partial charge >= 0.3 is 0 Å². The number of nitrogens with one attached hydrogen (secondary N) is 1. The maximum Gasteiger partial charge on any atom is 0.150 e. The third-order valence-electron chi connectivity index (χ3n) is 2.42. The largest absolute Gasteiger partial charge is 0.329 e. The van der Waals surface area contributed by atoms with Crippen LogP contribution in [0.4, 0.5) is 0 Å². The molecule has 0 spiro atoms. The Morgan fingerprint density at radius 3 is 3.13 bits per heavy atom. The molecule has 3 nitrogen and oxygen atoms in total. The van der Waals surface area contributed by atoms with E-state index in [9.17, 15) is 0 Å². The highest BCUT2D eigenvalue weighted by Crippen LogP contribution is 2.22. The van der Waals surface area contributed by atoms with Gasteiger partial charge in [-0.05, 0) is 25.4 Å². The summed E-state index contributed by atoms with van der Waals surface area (Å²) in [4.78, 5) is 5.62. The van der Waals surface area contributed by atoms with E-state index in [0.717, 1.165) is 12.4 Å². The number of hydrogen-bond donors (Lipinski definition) is 1. The van der Waals surface area contributed by atoms with Crippen LogP contribution in [0.2, 0.25) is 0 Å².